The van der Waals surface area contributed by atoms with Gasteiger partial charge in [-0.05, 0) is 54.0 Å². The molecule has 0 radical (unpaired) electrons. The fraction of sp³-hybridized carbons (Fsp3) is 0.115. The van der Waals surface area contributed by atoms with Crippen LogP contribution in [0.4, 0.5) is 5.69 Å². The molecule has 7 heteroatoms. The van der Waals surface area contributed by atoms with Crippen molar-refractivity contribution in [2.75, 3.05) is 12.4 Å². The summed E-state index contributed by atoms with van der Waals surface area (Å²) in [6, 6.07) is 16.4. The lowest BCUT2D eigenvalue weighted by atomic mass is 10.1. The van der Waals surface area contributed by atoms with E-state index >= 15 is 0 Å². The normalized spacial score (nSPS) is 11.0. The van der Waals surface area contributed by atoms with Crippen LogP contribution in [-0.4, -0.2) is 28.8 Å². The van der Waals surface area contributed by atoms with Crippen molar-refractivity contribution in [1.29, 1.82) is 0 Å². The molecule has 3 N–H and O–H groups in total. The van der Waals surface area contributed by atoms with Gasteiger partial charge < -0.3 is 20.4 Å². The molecule has 4 rings (SSSR count). The number of nitrogens with one attached hydrogen (secondary N) is 3. The number of nitrogens with zero attached hydrogens (tertiary/aromatic N) is 1. The standard InChI is InChI=1S/C26H24N4O3/c1-3-17-5-4-6-22-18(16-29-25(17)22)7-12-24(31)30-19-8-10-20(11-9-19)33-21-13-14-28-23(15-21)26(32)27-2/h4-16,29H,3H2,1-2H3,(H,27,32)(H,30,31)/b12-7+. The summed E-state index contributed by atoms with van der Waals surface area (Å²) in [6.07, 6.45) is 7.69. The van der Waals surface area contributed by atoms with Gasteiger partial charge in [0.25, 0.3) is 5.91 Å². The number of carbonyl (C=O) groups excluding carboxylic acids is 2. The smallest absolute Gasteiger partial charge is 0.269 e. The Morgan fingerprint density at radius 1 is 1.09 bits per heavy atom. The number of amides is 2. The summed E-state index contributed by atoms with van der Waals surface area (Å²) >= 11 is 0. The summed E-state index contributed by atoms with van der Waals surface area (Å²) in [6.45, 7) is 2.12. The molecule has 0 aliphatic rings. The molecule has 0 spiro atoms. The third-order valence-corrected chi connectivity index (χ3v) is 5.18. The first kappa shape index (κ1) is 21.8. The molecule has 0 fully saturated rings. The van der Waals surface area contributed by atoms with Gasteiger partial charge in [0.15, 0.2) is 0 Å². The van der Waals surface area contributed by atoms with Crippen molar-refractivity contribution >= 4 is 34.5 Å². The van der Waals surface area contributed by atoms with Gasteiger partial charge in [-0.3, -0.25) is 14.6 Å². The van der Waals surface area contributed by atoms with Crippen LogP contribution in [0.5, 0.6) is 11.5 Å². The third kappa shape index (κ3) is 5.10. The number of benzene rings is 2. The average Bonchev–Trinajstić information content (AvgIpc) is 3.27. The first-order valence-corrected chi connectivity index (χ1v) is 10.6. The van der Waals surface area contributed by atoms with Crippen LogP contribution in [0.25, 0.3) is 17.0 Å². The number of H-pyrrole nitrogens is 1. The number of ether oxygens (including phenoxy) is 1. The minimum absolute atomic E-state index is 0.228. The van der Waals surface area contributed by atoms with Crippen molar-refractivity contribution in [3.63, 3.8) is 0 Å². The van der Waals surface area contributed by atoms with Gasteiger partial charge in [0.05, 0.1) is 0 Å². The Labute approximate surface area is 191 Å². The number of aryl methyl sites for hydroxylation is 1. The predicted molar refractivity (Wildman–Crippen MR) is 129 cm³/mol. The lowest BCUT2D eigenvalue weighted by molar-refractivity contribution is -0.111. The minimum atomic E-state index is -0.287. The Balaban J connectivity index is 1.39. The number of hydrogen-bond acceptors (Lipinski definition) is 4. The molecule has 166 valence electrons. The molecule has 33 heavy (non-hydrogen) atoms. The van der Waals surface area contributed by atoms with Crippen molar-refractivity contribution in [1.82, 2.24) is 15.3 Å². The van der Waals surface area contributed by atoms with Crippen LogP contribution in [0, 0.1) is 0 Å². The van der Waals surface area contributed by atoms with Gasteiger partial charge in [0.1, 0.15) is 17.2 Å². The topological polar surface area (TPSA) is 96.1 Å². The van der Waals surface area contributed by atoms with E-state index < -0.39 is 0 Å². The number of rotatable bonds is 7. The molecule has 0 bridgehead atoms. The van der Waals surface area contributed by atoms with Crippen LogP contribution in [0.1, 0.15) is 28.5 Å². The molecule has 0 saturated carbocycles. The lowest BCUT2D eigenvalue weighted by Gasteiger charge is -2.08. The Hall–Kier alpha value is -4.39. The maximum Gasteiger partial charge on any atom is 0.269 e. The molecule has 2 heterocycles. The van der Waals surface area contributed by atoms with E-state index in [-0.39, 0.29) is 17.5 Å². The molecule has 4 aromatic rings. The van der Waals surface area contributed by atoms with Crippen molar-refractivity contribution in [3.05, 3.63) is 89.9 Å². The quantitative estimate of drug-likeness (QED) is 0.355. The Morgan fingerprint density at radius 2 is 1.91 bits per heavy atom. The van der Waals surface area contributed by atoms with E-state index in [0.29, 0.717) is 17.2 Å². The minimum Gasteiger partial charge on any atom is -0.457 e. The molecule has 0 aliphatic heterocycles. The third-order valence-electron chi connectivity index (χ3n) is 5.18. The van der Waals surface area contributed by atoms with Crippen LogP contribution >= 0.6 is 0 Å². The second-order valence-electron chi connectivity index (χ2n) is 7.34. The van der Waals surface area contributed by atoms with E-state index in [0.717, 1.165) is 22.9 Å². The summed E-state index contributed by atoms with van der Waals surface area (Å²) in [7, 11) is 1.54. The zero-order valence-corrected chi connectivity index (χ0v) is 18.4. The Morgan fingerprint density at radius 3 is 2.67 bits per heavy atom. The van der Waals surface area contributed by atoms with Crippen molar-refractivity contribution in [3.8, 4) is 11.5 Å². The van der Waals surface area contributed by atoms with Gasteiger partial charge >= 0.3 is 0 Å². The highest BCUT2D eigenvalue weighted by Crippen LogP contribution is 2.24. The molecule has 0 saturated heterocycles. The molecule has 7 nitrogen and oxygen atoms in total. The number of anilines is 1. The summed E-state index contributed by atoms with van der Waals surface area (Å²) < 4.78 is 5.78. The monoisotopic (exact) mass is 440 g/mol. The fourth-order valence-corrected chi connectivity index (χ4v) is 3.49. The maximum absolute atomic E-state index is 12.4. The van der Waals surface area contributed by atoms with Crippen LogP contribution in [0.2, 0.25) is 0 Å². The Bertz CT molecular complexity index is 1320. The molecule has 2 aromatic heterocycles. The van der Waals surface area contributed by atoms with Gasteiger partial charge in [-0.1, -0.05) is 25.1 Å². The van der Waals surface area contributed by atoms with Crippen molar-refractivity contribution in [2.24, 2.45) is 0 Å². The number of hydrogen-bond donors (Lipinski definition) is 3. The van der Waals surface area contributed by atoms with Gasteiger partial charge in [0.2, 0.25) is 5.91 Å². The summed E-state index contributed by atoms with van der Waals surface area (Å²) in [5.74, 6) is 0.551. The van der Waals surface area contributed by atoms with Crippen LogP contribution in [0.15, 0.2) is 73.1 Å². The van der Waals surface area contributed by atoms with Crippen LogP contribution < -0.4 is 15.4 Å². The highest BCUT2D eigenvalue weighted by atomic mass is 16.5. The second-order valence-corrected chi connectivity index (χ2v) is 7.34. The number of carbonyl (C=O) groups is 2. The maximum atomic E-state index is 12.4. The van der Waals surface area contributed by atoms with E-state index in [9.17, 15) is 9.59 Å². The van der Waals surface area contributed by atoms with E-state index in [4.69, 9.17) is 4.74 Å². The molecule has 0 unspecified atom stereocenters. The molecule has 0 atom stereocenters. The first-order valence-electron chi connectivity index (χ1n) is 10.6. The zero-order valence-electron chi connectivity index (χ0n) is 18.4. The number of aromatic nitrogens is 2. The van der Waals surface area contributed by atoms with E-state index in [2.05, 4.69) is 33.6 Å². The van der Waals surface area contributed by atoms with Gasteiger partial charge in [-0.2, -0.15) is 0 Å². The van der Waals surface area contributed by atoms with Crippen LogP contribution in [-0.2, 0) is 11.2 Å². The zero-order chi connectivity index (χ0) is 23.2. The molecule has 2 aromatic carbocycles. The summed E-state index contributed by atoms with van der Waals surface area (Å²) in [5, 5.41) is 6.46. The molecule has 0 aliphatic carbocycles. The molecular weight excluding hydrogens is 416 g/mol. The van der Waals surface area contributed by atoms with Gasteiger partial charge in [-0.25, -0.2) is 0 Å². The van der Waals surface area contributed by atoms with Crippen LogP contribution in [0.3, 0.4) is 0 Å². The molecular formula is C26H24N4O3. The number of para-hydroxylation sites is 1. The summed E-state index contributed by atoms with van der Waals surface area (Å²) in [5.41, 5.74) is 4.23. The average molecular weight is 441 g/mol. The number of pyridine rings is 1. The second kappa shape index (κ2) is 9.82. The highest BCUT2D eigenvalue weighted by Gasteiger charge is 2.08. The molecule has 2 amide bonds. The largest absolute Gasteiger partial charge is 0.457 e. The van der Waals surface area contributed by atoms with Gasteiger partial charge in [-0.15, -0.1) is 0 Å². The highest BCUT2D eigenvalue weighted by molar-refractivity contribution is 6.03. The Kier molecular flexibility index (Phi) is 6.50. The van der Waals surface area contributed by atoms with Crippen molar-refractivity contribution in [2.45, 2.75) is 13.3 Å². The lowest BCUT2D eigenvalue weighted by Crippen LogP contribution is -2.18. The first-order chi connectivity index (χ1) is 16.1. The number of fused-ring (bicyclic) bond motifs is 1. The number of aromatic amines is 1. The SMILES string of the molecule is CCc1cccc2c(/C=C/C(=O)Nc3ccc(Oc4ccnc(C(=O)NC)c4)cc3)c[nH]c12. The summed E-state index contributed by atoms with van der Waals surface area (Å²) in [4.78, 5) is 31.4. The van der Waals surface area contributed by atoms with E-state index in [1.807, 2.05) is 18.3 Å². The van der Waals surface area contributed by atoms with E-state index in [1.54, 1.807) is 49.5 Å². The van der Waals surface area contributed by atoms with Gasteiger partial charge in [0, 0.05) is 48.2 Å². The van der Waals surface area contributed by atoms with Crippen molar-refractivity contribution < 1.29 is 14.3 Å². The fourth-order valence-electron chi connectivity index (χ4n) is 3.49. The predicted octanol–water partition coefficient (Wildman–Crippen LogP) is 4.93. The van der Waals surface area contributed by atoms with E-state index in [1.165, 1.54) is 17.8 Å².